The Morgan fingerprint density at radius 2 is 1.84 bits per heavy atom. The normalized spacial score (nSPS) is 12.2. The molecule has 0 saturated carbocycles. The van der Waals surface area contributed by atoms with E-state index < -0.39 is 0 Å². The van der Waals surface area contributed by atoms with Crippen LogP contribution in [0.2, 0.25) is 5.02 Å². The number of anilines is 1. The average molecular weight is 366 g/mol. The van der Waals surface area contributed by atoms with Crippen molar-refractivity contribution in [1.82, 2.24) is 9.97 Å². The summed E-state index contributed by atoms with van der Waals surface area (Å²) in [6, 6.07) is 20.2. The van der Waals surface area contributed by atoms with Crippen molar-refractivity contribution in [2.24, 2.45) is 0 Å². The van der Waals surface area contributed by atoms with Crippen molar-refractivity contribution >= 4 is 39.7 Å². The number of hydrogen-bond donors (Lipinski definition) is 1. The number of aromatic nitrogens is 2. The van der Waals surface area contributed by atoms with E-state index in [0.717, 1.165) is 21.6 Å². The highest BCUT2D eigenvalue weighted by molar-refractivity contribution is 7.13. The van der Waals surface area contributed by atoms with Crippen molar-refractivity contribution in [3.8, 4) is 10.7 Å². The minimum atomic E-state index is 0.131. The van der Waals surface area contributed by atoms with E-state index in [1.54, 1.807) is 11.3 Å². The van der Waals surface area contributed by atoms with Crippen LogP contribution in [0.25, 0.3) is 21.6 Å². The third kappa shape index (κ3) is 3.36. The Kier molecular flexibility index (Phi) is 4.38. The van der Waals surface area contributed by atoms with Crippen LogP contribution in [0.5, 0.6) is 0 Å². The summed E-state index contributed by atoms with van der Waals surface area (Å²) in [4.78, 5) is 10.5. The molecule has 124 valence electrons. The van der Waals surface area contributed by atoms with Gasteiger partial charge in [-0.25, -0.2) is 9.97 Å². The highest BCUT2D eigenvalue weighted by Crippen LogP contribution is 2.30. The molecule has 1 atom stereocenters. The van der Waals surface area contributed by atoms with E-state index in [9.17, 15) is 0 Å². The molecule has 1 N–H and O–H groups in total. The van der Waals surface area contributed by atoms with Crippen LogP contribution in [-0.2, 0) is 0 Å². The van der Waals surface area contributed by atoms with E-state index in [1.165, 1.54) is 5.56 Å². The van der Waals surface area contributed by atoms with Crippen molar-refractivity contribution in [3.05, 3.63) is 76.6 Å². The first kappa shape index (κ1) is 16.1. The van der Waals surface area contributed by atoms with E-state index in [1.807, 2.05) is 53.9 Å². The zero-order valence-corrected chi connectivity index (χ0v) is 15.2. The van der Waals surface area contributed by atoms with Gasteiger partial charge in [-0.05, 0) is 42.1 Å². The molecule has 0 radical (unpaired) electrons. The number of halogens is 1. The number of hydrogen-bond acceptors (Lipinski definition) is 4. The number of nitrogens with one attached hydrogen (secondary N) is 1. The zero-order valence-electron chi connectivity index (χ0n) is 13.6. The molecular weight excluding hydrogens is 350 g/mol. The summed E-state index contributed by atoms with van der Waals surface area (Å²) in [5.41, 5.74) is 2.05. The molecule has 0 aliphatic heterocycles. The van der Waals surface area contributed by atoms with Gasteiger partial charge in [-0.15, -0.1) is 11.3 Å². The standard InChI is InChI=1S/C20H16ClN3S/c1-13(14-6-3-2-4-7-14)22-19-16-10-9-15(21)12-17(16)23-20(24-19)18-8-5-11-25-18/h2-13H,1H3,(H,22,23,24). The SMILES string of the molecule is CC(Nc1nc(-c2cccs2)nc2cc(Cl)ccc12)c1ccccc1. The van der Waals surface area contributed by atoms with Gasteiger partial charge in [0.25, 0.3) is 0 Å². The van der Waals surface area contributed by atoms with E-state index >= 15 is 0 Å². The van der Waals surface area contributed by atoms with Crippen LogP contribution in [0.4, 0.5) is 5.82 Å². The van der Waals surface area contributed by atoms with E-state index in [4.69, 9.17) is 21.6 Å². The van der Waals surface area contributed by atoms with Crippen LogP contribution in [0.3, 0.4) is 0 Å². The van der Waals surface area contributed by atoms with Gasteiger partial charge in [-0.3, -0.25) is 0 Å². The van der Waals surface area contributed by atoms with Crippen LogP contribution in [0.15, 0.2) is 66.0 Å². The highest BCUT2D eigenvalue weighted by Gasteiger charge is 2.13. The molecule has 0 aliphatic rings. The average Bonchev–Trinajstić information content (AvgIpc) is 3.16. The number of thiophene rings is 1. The van der Waals surface area contributed by atoms with Gasteiger partial charge in [0.15, 0.2) is 5.82 Å². The fraction of sp³-hybridized carbons (Fsp3) is 0.100. The van der Waals surface area contributed by atoms with E-state index in [2.05, 4.69) is 24.4 Å². The molecule has 1 unspecified atom stereocenters. The molecule has 5 heteroatoms. The van der Waals surface area contributed by atoms with Gasteiger partial charge in [0, 0.05) is 16.5 Å². The molecule has 2 aromatic heterocycles. The Bertz CT molecular complexity index is 1000. The van der Waals surface area contributed by atoms with Gasteiger partial charge in [-0.1, -0.05) is 48.0 Å². The summed E-state index contributed by atoms with van der Waals surface area (Å²) in [5, 5.41) is 7.20. The minimum Gasteiger partial charge on any atom is -0.363 e. The molecule has 3 nitrogen and oxygen atoms in total. The van der Waals surface area contributed by atoms with Gasteiger partial charge in [-0.2, -0.15) is 0 Å². The molecule has 4 aromatic rings. The van der Waals surface area contributed by atoms with Crippen LogP contribution >= 0.6 is 22.9 Å². The first-order valence-corrected chi connectivity index (χ1v) is 9.29. The van der Waals surface area contributed by atoms with Gasteiger partial charge >= 0.3 is 0 Å². The molecule has 2 aromatic carbocycles. The largest absolute Gasteiger partial charge is 0.363 e. The lowest BCUT2D eigenvalue weighted by molar-refractivity contribution is 0.876. The van der Waals surface area contributed by atoms with Gasteiger partial charge < -0.3 is 5.32 Å². The molecule has 0 bridgehead atoms. The van der Waals surface area contributed by atoms with Crippen LogP contribution in [0.1, 0.15) is 18.5 Å². The zero-order chi connectivity index (χ0) is 17.2. The molecule has 0 aliphatic carbocycles. The fourth-order valence-corrected chi connectivity index (χ4v) is 3.58. The number of benzene rings is 2. The third-order valence-corrected chi connectivity index (χ3v) is 5.15. The first-order chi connectivity index (χ1) is 12.2. The molecule has 2 heterocycles. The van der Waals surface area contributed by atoms with Crippen molar-refractivity contribution < 1.29 is 0 Å². The van der Waals surface area contributed by atoms with Crippen molar-refractivity contribution in [2.75, 3.05) is 5.32 Å². The fourth-order valence-electron chi connectivity index (χ4n) is 2.76. The maximum Gasteiger partial charge on any atom is 0.172 e. The lowest BCUT2D eigenvalue weighted by Crippen LogP contribution is -2.09. The van der Waals surface area contributed by atoms with Crippen molar-refractivity contribution in [3.63, 3.8) is 0 Å². The smallest absolute Gasteiger partial charge is 0.172 e. The Balaban J connectivity index is 1.81. The summed E-state index contributed by atoms with van der Waals surface area (Å²) < 4.78 is 0. The molecule has 4 rings (SSSR count). The Morgan fingerprint density at radius 1 is 1.00 bits per heavy atom. The van der Waals surface area contributed by atoms with Gasteiger partial charge in [0.05, 0.1) is 10.4 Å². The molecule has 25 heavy (non-hydrogen) atoms. The number of nitrogens with zero attached hydrogens (tertiary/aromatic N) is 2. The highest BCUT2D eigenvalue weighted by atomic mass is 35.5. The number of rotatable bonds is 4. The van der Waals surface area contributed by atoms with Gasteiger partial charge in [0.1, 0.15) is 5.82 Å². The number of fused-ring (bicyclic) bond motifs is 1. The second kappa shape index (κ2) is 6.82. The molecule has 0 spiro atoms. The second-order valence-corrected chi connectivity index (χ2v) is 7.20. The molecule has 0 amide bonds. The van der Waals surface area contributed by atoms with E-state index in [-0.39, 0.29) is 6.04 Å². The molecular formula is C20H16ClN3S. The quantitative estimate of drug-likeness (QED) is 0.469. The molecule has 0 fully saturated rings. The van der Waals surface area contributed by atoms with Crippen LogP contribution in [0, 0.1) is 0 Å². The lowest BCUT2D eigenvalue weighted by Gasteiger charge is -2.17. The summed E-state index contributed by atoms with van der Waals surface area (Å²) in [7, 11) is 0. The van der Waals surface area contributed by atoms with Crippen molar-refractivity contribution in [1.29, 1.82) is 0 Å². The van der Waals surface area contributed by atoms with Crippen LogP contribution < -0.4 is 5.32 Å². The maximum atomic E-state index is 6.17. The monoisotopic (exact) mass is 365 g/mol. The molecule has 0 saturated heterocycles. The summed E-state index contributed by atoms with van der Waals surface area (Å²) in [5.74, 6) is 1.54. The second-order valence-electron chi connectivity index (χ2n) is 5.81. The first-order valence-electron chi connectivity index (χ1n) is 8.03. The Morgan fingerprint density at radius 3 is 2.60 bits per heavy atom. The van der Waals surface area contributed by atoms with E-state index in [0.29, 0.717) is 10.8 Å². The lowest BCUT2D eigenvalue weighted by atomic mass is 10.1. The maximum absolute atomic E-state index is 6.17. The van der Waals surface area contributed by atoms with Crippen LogP contribution in [-0.4, -0.2) is 9.97 Å². The van der Waals surface area contributed by atoms with Gasteiger partial charge in [0.2, 0.25) is 0 Å². The third-order valence-electron chi connectivity index (χ3n) is 4.05. The summed E-state index contributed by atoms with van der Waals surface area (Å²) >= 11 is 7.80. The minimum absolute atomic E-state index is 0.131. The van der Waals surface area contributed by atoms with Crippen molar-refractivity contribution in [2.45, 2.75) is 13.0 Å². The summed E-state index contributed by atoms with van der Waals surface area (Å²) in [6.07, 6.45) is 0. The Labute approximate surface area is 155 Å². The topological polar surface area (TPSA) is 37.8 Å². The predicted octanol–water partition coefficient (Wildman–Crippen LogP) is 6.18. The summed E-state index contributed by atoms with van der Waals surface area (Å²) in [6.45, 7) is 2.13. The predicted molar refractivity (Wildman–Crippen MR) is 106 cm³/mol. The Hall–Kier alpha value is -2.43.